The van der Waals surface area contributed by atoms with Crippen LogP contribution in [0.25, 0.3) is 10.6 Å². The zero-order valence-corrected chi connectivity index (χ0v) is 15.0. The molecule has 1 heterocycles. The van der Waals surface area contributed by atoms with Gasteiger partial charge in [-0.05, 0) is 31.2 Å². The lowest BCUT2D eigenvalue weighted by Crippen LogP contribution is -2.46. The van der Waals surface area contributed by atoms with Crippen molar-refractivity contribution in [1.29, 1.82) is 0 Å². The predicted molar refractivity (Wildman–Crippen MR) is 94.3 cm³/mol. The first-order valence-corrected chi connectivity index (χ1v) is 8.67. The molecule has 1 atom stereocenters. The van der Waals surface area contributed by atoms with Gasteiger partial charge in [0.25, 0.3) is 5.91 Å². The number of aliphatic carboxylic acids is 1. The molecule has 138 valence electrons. The average Bonchev–Trinajstić information content (AvgIpc) is 3.08. The molecule has 1 aromatic carbocycles. The molecule has 0 saturated carbocycles. The van der Waals surface area contributed by atoms with Crippen LogP contribution in [-0.4, -0.2) is 51.9 Å². The molecule has 0 fully saturated rings. The van der Waals surface area contributed by atoms with E-state index in [9.17, 15) is 23.9 Å². The second-order valence-electron chi connectivity index (χ2n) is 5.54. The van der Waals surface area contributed by atoms with Gasteiger partial charge in [0.15, 0.2) is 0 Å². The van der Waals surface area contributed by atoms with Crippen LogP contribution in [0.4, 0.5) is 4.39 Å². The van der Waals surface area contributed by atoms with Crippen LogP contribution >= 0.6 is 11.3 Å². The van der Waals surface area contributed by atoms with Gasteiger partial charge in [0.2, 0.25) is 5.91 Å². The van der Waals surface area contributed by atoms with E-state index in [1.165, 1.54) is 42.7 Å². The van der Waals surface area contributed by atoms with E-state index in [4.69, 9.17) is 0 Å². The van der Waals surface area contributed by atoms with Crippen molar-refractivity contribution in [3.63, 3.8) is 0 Å². The van der Waals surface area contributed by atoms with Crippen LogP contribution in [0.3, 0.4) is 0 Å². The number of nitrogens with zero attached hydrogens (tertiary/aromatic N) is 2. The van der Waals surface area contributed by atoms with Crippen molar-refractivity contribution in [2.24, 2.45) is 0 Å². The van der Waals surface area contributed by atoms with Gasteiger partial charge < -0.3 is 15.3 Å². The molecule has 1 aromatic heterocycles. The predicted octanol–water partition coefficient (Wildman–Crippen LogP) is 2.00. The molecule has 1 unspecified atom stereocenters. The Morgan fingerprint density at radius 1 is 1.31 bits per heavy atom. The Balaban J connectivity index is 2.20. The van der Waals surface area contributed by atoms with Crippen molar-refractivity contribution in [3.05, 3.63) is 41.2 Å². The summed E-state index contributed by atoms with van der Waals surface area (Å²) < 4.78 is 13.0. The van der Waals surface area contributed by atoms with Crippen LogP contribution in [-0.2, 0) is 9.59 Å². The van der Waals surface area contributed by atoms with E-state index in [0.717, 1.165) is 4.90 Å². The first-order chi connectivity index (χ1) is 12.3. The number of hydrogen-bond donors (Lipinski definition) is 2. The molecule has 0 aliphatic rings. The molecule has 0 aliphatic carbocycles. The van der Waals surface area contributed by atoms with Crippen LogP contribution < -0.4 is 5.32 Å². The zero-order chi connectivity index (χ0) is 19.3. The number of thiazole rings is 1. The summed E-state index contributed by atoms with van der Waals surface area (Å²) >= 11 is 1.20. The van der Waals surface area contributed by atoms with Gasteiger partial charge in [-0.1, -0.05) is 0 Å². The Morgan fingerprint density at radius 3 is 2.54 bits per heavy atom. The number of nitrogens with one attached hydrogen (secondary N) is 1. The quantitative estimate of drug-likeness (QED) is 0.767. The molecular formula is C17H18FN3O4S. The number of carbonyl (C=O) groups excluding carboxylic acids is 2. The van der Waals surface area contributed by atoms with Crippen molar-refractivity contribution in [2.45, 2.75) is 19.9 Å². The number of carbonyl (C=O) groups is 3. The van der Waals surface area contributed by atoms with Gasteiger partial charge in [-0.15, -0.1) is 11.3 Å². The van der Waals surface area contributed by atoms with Crippen molar-refractivity contribution in [2.75, 3.05) is 13.1 Å². The molecule has 26 heavy (non-hydrogen) atoms. The van der Waals surface area contributed by atoms with E-state index in [1.807, 2.05) is 0 Å². The fourth-order valence-corrected chi connectivity index (χ4v) is 3.00. The maximum Gasteiger partial charge on any atom is 0.326 e. The Hall–Kier alpha value is -2.81. The Kier molecular flexibility index (Phi) is 6.40. The number of amides is 2. The van der Waals surface area contributed by atoms with E-state index in [1.54, 1.807) is 12.1 Å². The lowest BCUT2D eigenvalue weighted by atomic mass is 10.2. The highest BCUT2D eigenvalue weighted by Gasteiger charge is 2.27. The van der Waals surface area contributed by atoms with Gasteiger partial charge in [-0.25, -0.2) is 14.2 Å². The number of halogens is 1. The number of rotatable bonds is 7. The third-order valence-corrected chi connectivity index (χ3v) is 4.52. The maximum atomic E-state index is 13.0. The van der Waals surface area contributed by atoms with Gasteiger partial charge in [0.05, 0.1) is 0 Å². The summed E-state index contributed by atoms with van der Waals surface area (Å²) in [6.45, 7) is 2.90. The Labute approximate surface area is 153 Å². The van der Waals surface area contributed by atoms with Gasteiger partial charge in [-0.3, -0.25) is 9.59 Å². The zero-order valence-electron chi connectivity index (χ0n) is 14.2. The van der Waals surface area contributed by atoms with E-state index in [0.29, 0.717) is 10.6 Å². The minimum atomic E-state index is -1.16. The molecule has 0 radical (unpaired) electrons. The number of aromatic nitrogens is 1. The average molecular weight is 379 g/mol. The van der Waals surface area contributed by atoms with Crippen molar-refractivity contribution < 1.29 is 23.9 Å². The second kappa shape index (κ2) is 8.52. The lowest BCUT2D eigenvalue weighted by Gasteiger charge is -2.25. The van der Waals surface area contributed by atoms with Gasteiger partial charge in [-0.2, -0.15) is 0 Å². The fraction of sp³-hybridized carbons (Fsp3) is 0.294. The van der Waals surface area contributed by atoms with Crippen LogP contribution in [0.1, 0.15) is 24.3 Å². The summed E-state index contributed by atoms with van der Waals surface area (Å²) in [5, 5.41) is 13.8. The topological polar surface area (TPSA) is 99.6 Å². The van der Waals surface area contributed by atoms with Crippen molar-refractivity contribution >= 4 is 29.1 Å². The van der Waals surface area contributed by atoms with Crippen LogP contribution in [0.15, 0.2) is 29.6 Å². The third kappa shape index (κ3) is 4.85. The normalized spacial score (nSPS) is 11.7. The SMILES string of the molecule is CC(=O)NCCN(C(=O)c1csc(-c2ccc(F)cc2)n1)C(C)C(=O)O. The minimum Gasteiger partial charge on any atom is -0.480 e. The smallest absolute Gasteiger partial charge is 0.326 e. The summed E-state index contributed by atoms with van der Waals surface area (Å²) in [4.78, 5) is 40.4. The molecule has 9 heteroatoms. The molecule has 0 saturated heterocycles. The number of hydrogen-bond acceptors (Lipinski definition) is 5. The highest BCUT2D eigenvalue weighted by molar-refractivity contribution is 7.13. The monoisotopic (exact) mass is 379 g/mol. The third-order valence-electron chi connectivity index (χ3n) is 3.63. The first-order valence-electron chi connectivity index (χ1n) is 7.79. The maximum absolute atomic E-state index is 13.0. The summed E-state index contributed by atoms with van der Waals surface area (Å²) in [5.41, 5.74) is 0.761. The lowest BCUT2D eigenvalue weighted by molar-refractivity contribution is -0.141. The standard InChI is InChI=1S/C17H18FN3O4S/c1-10(17(24)25)21(8-7-19-11(2)22)16(23)14-9-26-15(20-14)12-3-5-13(18)6-4-12/h3-6,9-10H,7-8H2,1-2H3,(H,19,22)(H,24,25). The Morgan fingerprint density at radius 2 is 1.96 bits per heavy atom. The molecule has 2 N–H and O–H groups in total. The van der Waals surface area contributed by atoms with Crippen LogP contribution in [0, 0.1) is 5.82 Å². The first kappa shape index (κ1) is 19.5. The number of carboxylic acid groups (broad SMARTS) is 1. The summed E-state index contributed by atoms with van der Waals surface area (Å²) in [6, 6.07) is 4.62. The van der Waals surface area contributed by atoms with Crippen molar-refractivity contribution in [3.8, 4) is 10.6 Å². The molecule has 2 rings (SSSR count). The van der Waals surface area contributed by atoms with Gasteiger partial charge >= 0.3 is 5.97 Å². The van der Waals surface area contributed by atoms with Gasteiger partial charge in [0, 0.05) is 31.0 Å². The van der Waals surface area contributed by atoms with Crippen LogP contribution in [0.5, 0.6) is 0 Å². The van der Waals surface area contributed by atoms with E-state index in [2.05, 4.69) is 10.3 Å². The van der Waals surface area contributed by atoms with Crippen LogP contribution in [0.2, 0.25) is 0 Å². The molecule has 0 bridgehead atoms. The highest BCUT2D eigenvalue weighted by Crippen LogP contribution is 2.24. The molecule has 0 spiro atoms. The molecule has 2 aromatic rings. The van der Waals surface area contributed by atoms with Crippen molar-refractivity contribution in [1.82, 2.24) is 15.2 Å². The summed E-state index contributed by atoms with van der Waals surface area (Å²) in [5.74, 6) is -2.35. The van der Waals surface area contributed by atoms with E-state index < -0.39 is 17.9 Å². The molecular weight excluding hydrogens is 361 g/mol. The number of carboxylic acids is 1. The second-order valence-corrected chi connectivity index (χ2v) is 6.40. The molecule has 2 amide bonds. The molecule has 7 nitrogen and oxygen atoms in total. The minimum absolute atomic E-state index is 0.0370. The van der Waals surface area contributed by atoms with E-state index in [-0.39, 0.29) is 30.5 Å². The largest absolute Gasteiger partial charge is 0.480 e. The Bertz CT molecular complexity index is 807. The number of benzene rings is 1. The molecule has 0 aliphatic heterocycles. The summed E-state index contributed by atoms with van der Waals surface area (Å²) in [6.07, 6.45) is 0. The highest BCUT2D eigenvalue weighted by atomic mass is 32.1. The van der Waals surface area contributed by atoms with Gasteiger partial charge in [0.1, 0.15) is 22.6 Å². The van der Waals surface area contributed by atoms with E-state index >= 15 is 0 Å². The summed E-state index contributed by atoms with van der Waals surface area (Å²) in [7, 11) is 0. The fourth-order valence-electron chi connectivity index (χ4n) is 2.20.